The number of nitrogens with one attached hydrogen (secondary N) is 1. The monoisotopic (exact) mass is 282 g/mol. The van der Waals surface area contributed by atoms with Crippen LogP contribution in [0.1, 0.15) is 37.3 Å². The third kappa shape index (κ3) is 3.28. The highest BCUT2D eigenvalue weighted by molar-refractivity contribution is 7.89. The number of nitrogens with two attached hydrogens (primary N) is 1. The lowest BCUT2D eigenvalue weighted by Crippen LogP contribution is -2.22. The minimum Gasteiger partial charge on any atom is -0.382 e. The molecule has 1 fully saturated rings. The Hall–Kier alpha value is -1.07. The molecule has 0 aromatic heterocycles. The van der Waals surface area contributed by atoms with Gasteiger partial charge in [0.05, 0.1) is 4.90 Å². The van der Waals surface area contributed by atoms with Crippen molar-refractivity contribution in [1.82, 2.24) is 0 Å². The molecule has 2 rings (SSSR count). The van der Waals surface area contributed by atoms with Crippen LogP contribution in [0.4, 0.5) is 5.69 Å². The van der Waals surface area contributed by atoms with Crippen LogP contribution in [0.3, 0.4) is 0 Å². The van der Waals surface area contributed by atoms with Crippen molar-refractivity contribution in [3.8, 4) is 0 Å². The van der Waals surface area contributed by atoms with E-state index in [2.05, 4.69) is 12.2 Å². The smallest absolute Gasteiger partial charge is 0.238 e. The quantitative estimate of drug-likeness (QED) is 0.871. The summed E-state index contributed by atoms with van der Waals surface area (Å²) in [6.45, 7) is 6.07. The second kappa shape index (κ2) is 5.13. The molecule has 5 heteroatoms. The van der Waals surface area contributed by atoms with E-state index in [0.717, 1.165) is 29.2 Å². The average Bonchev–Trinajstić information content (AvgIpc) is 3.13. The van der Waals surface area contributed by atoms with E-state index in [1.165, 1.54) is 12.8 Å². The zero-order chi connectivity index (χ0) is 14.2. The third-order valence-electron chi connectivity index (χ3n) is 3.94. The van der Waals surface area contributed by atoms with E-state index in [9.17, 15) is 8.42 Å². The van der Waals surface area contributed by atoms with E-state index >= 15 is 0 Å². The summed E-state index contributed by atoms with van der Waals surface area (Å²) >= 11 is 0. The molecule has 1 aliphatic rings. The molecular weight excluding hydrogens is 260 g/mol. The molecule has 1 aliphatic carbocycles. The molecule has 1 unspecified atom stereocenters. The first-order valence-corrected chi connectivity index (χ1v) is 8.28. The molecule has 4 nitrogen and oxygen atoms in total. The van der Waals surface area contributed by atoms with Crippen LogP contribution in [0.5, 0.6) is 0 Å². The molecule has 1 saturated carbocycles. The highest BCUT2D eigenvalue weighted by Gasteiger charge is 2.30. The van der Waals surface area contributed by atoms with Gasteiger partial charge in [0, 0.05) is 11.7 Å². The largest absolute Gasteiger partial charge is 0.382 e. The first-order chi connectivity index (χ1) is 8.82. The molecule has 1 atom stereocenters. The second-order valence-corrected chi connectivity index (χ2v) is 7.02. The predicted octanol–water partition coefficient (Wildman–Crippen LogP) is 2.55. The van der Waals surface area contributed by atoms with Gasteiger partial charge in [0.25, 0.3) is 0 Å². The zero-order valence-electron chi connectivity index (χ0n) is 11.7. The van der Waals surface area contributed by atoms with Gasteiger partial charge in [-0.1, -0.05) is 6.92 Å². The van der Waals surface area contributed by atoms with Crippen molar-refractivity contribution in [2.75, 3.05) is 5.32 Å². The maximum Gasteiger partial charge on any atom is 0.238 e. The third-order valence-corrected chi connectivity index (χ3v) is 4.83. The summed E-state index contributed by atoms with van der Waals surface area (Å²) in [6.07, 6.45) is 3.57. The fourth-order valence-corrected chi connectivity index (χ4v) is 3.02. The van der Waals surface area contributed by atoms with E-state index in [1.807, 2.05) is 13.8 Å². The van der Waals surface area contributed by atoms with Crippen LogP contribution in [0.25, 0.3) is 0 Å². The first-order valence-electron chi connectivity index (χ1n) is 6.73. The minimum atomic E-state index is -3.65. The Morgan fingerprint density at radius 1 is 1.37 bits per heavy atom. The molecule has 0 amide bonds. The van der Waals surface area contributed by atoms with E-state index in [-0.39, 0.29) is 4.90 Å². The Bertz CT molecular complexity index is 577. The fourth-order valence-electron chi connectivity index (χ4n) is 2.39. The van der Waals surface area contributed by atoms with Gasteiger partial charge in [-0.25, -0.2) is 13.6 Å². The molecule has 0 heterocycles. The summed E-state index contributed by atoms with van der Waals surface area (Å²) in [4.78, 5) is 0.184. The van der Waals surface area contributed by atoms with Crippen molar-refractivity contribution in [2.24, 2.45) is 11.1 Å². The summed E-state index contributed by atoms with van der Waals surface area (Å²) in [5, 5.41) is 8.72. The Morgan fingerprint density at radius 3 is 2.47 bits per heavy atom. The highest BCUT2D eigenvalue weighted by atomic mass is 32.2. The number of rotatable bonds is 5. The predicted molar refractivity (Wildman–Crippen MR) is 77.7 cm³/mol. The van der Waals surface area contributed by atoms with Crippen LogP contribution < -0.4 is 10.5 Å². The van der Waals surface area contributed by atoms with Crippen LogP contribution in [0, 0.1) is 19.8 Å². The topological polar surface area (TPSA) is 72.2 Å². The molecule has 0 saturated heterocycles. The van der Waals surface area contributed by atoms with Crippen LogP contribution in [0.15, 0.2) is 17.0 Å². The number of anilines is 1. The lowest BCUT2D eigenvalue weighted by atomic mass is 10.1. The molecule has 0 radical (unpaired) electrons. The van der Waals surface area contributed by atoms with Crippen molar-refractivity contribution in [3.05, 3.63) is 23.3 Å². The van der Waals surface area contributed by atoms with Crippen LogP contribution >= 0.6 is 0 Å². The standard InChI is InChI=1S/C14H22N2O2S/c1-4-13(11-5-6-11)16-14-8-12(19(15,17)18)7-9(2)10(14)3/h7-8,11,13,16H,4-6H2,1-3H3,(H2,15,17,18). The van der Waals surface area contributed by atoms with E-state index in [4.69, 9.17) is 5.14 Å². The molecule has 3 N–H and O–H groups in total. The second-order valence-electron chi connectivity index (χ2n) is 5.45. The van der Waals surface area contributed by atoms with Gasteiger partial charge >= 0.3 is 0 Å². The van der Waals surface area contributed by atoms with Gasteiger partial charge < -0.3 is 5.32 Å². The molecule has 0 spiro atoms. The molecule has 0 bridgehead atoms. The number of hydrogen-bond acceptors (Lipinski definition) is 3. The van der Waals surface area contributed by atoms with Crippen molar-refractivity contribution in [2.45, 2.75) is 51.0 Å². The fraction of sp³-hybridized carbons (Fsp3) is 0.571. The number of aryl methyl sites for hydroxylation is 1. The number of hydrogen-bond donors (Lipinski definition) is 2. The molecule has 1 aromatic rings. The molecule has 1 aromatic carbocycles. The SMILES string of the molecule is CCC(Nc1cc(S(N)(=O)=O)cc(C)c1C)C1CC1. The highest BCUT2D eigenvalue weighted by Crippen LogP contribution is 2.36. The van der Waals surface area contributed by atoms with Gasteiger partial charge in [-0.3, -0.25) is 0 Å². The maximum absolute atomic E-state index is 11.5. The Kier molecular flexibility index (Phi) is 3.87. The number of sulfonamides is 1. The van der Waals surface area contributed by atoms with Crippen LogP contribution in [-0.4, -0.2) is 14.5 Å². The minimum absolute atomic E-state index is 0.184. The Balaban J connectivity index is 2.35. The summed E-state index contributed by atoms with van der Waals surface area (Å²) < 4.78 is 23.0. The lowest BCUT2D eigenvalue weighted by molar-refractivity contribution is 0.597. The van der Waals surface area contributed by atoms with Gasteiger partial charge in [-0.05, 0) is 62.3 Å². The Morgan fingerprint density at radius 2 is 2.00 bits per heavy atom. The zero-order valence-corrected chi connectivity index (χ0v) is 12.5. The normalized spacial score (nSPS) is 17.3. The van der Waals surface area contributed by atoms with Gasteiger partial charge in [0.1, 0.15) is 0 Å². The number of primary sulfonamides is 1. The molecule has 106 valence electrons. The summed E-state index contributed by atoms with van der Waals surface area (Å²) in [7, 11) is -3.65. The van der Waals surface area contributed by atoms with Crippen LogP contribution in [0.2, 0.25) is 0 Å². The summed E-state index contributed by atoms with van der Waals surface area (Å²) in [6, 6.07) is 3.71. The van der Waals surface area contributed by atoms with Crippen molar-refractivity contribution >= 4 is 15.7 Å². The maximum atomic E-state index is 11.5. The van der Waals surface area contributed by atoms with Gasteiger partial charge in [0.15, 0.2) is 0 Å². The number of benzene rings is 1. The van der Waals surface area contributed by atoms with E-state index < -0.39 is 10.0 Å². The van der Waals surface area contributed by atoms with E-state index in [1.54, 1.807) is 12.1 Å². The van der Waals surface area contributed by atoms with Gasteiger partial charge in [-0.2, -0.15) is 0 Å². The van der Waals surface area contributed by atoms with E-state index in [0.29, 0.717) is 6.04 Å². The van der Waals surface area contributed by atoms with Crippen LogP contribution in [-0.2, 0) is 10.0 Å². The lowest BCUT2D eigenvalue weighted by Gasteiger charge is -2.21. The molecule has 19 heavy (non-hydrogen) atoms. The van der Waals surface area contributed by atoms with Gasteiger partial charge in [-0.15, -0.1) is 0 Å². The average molecular weight is 282 g/mol. The van der Waals surface area contributed by atoms with Gasteiger partial charge in [0.2, 0.25) is 10.0 Å². The van der Waals surface area contributed by atoms with Crippen molar-refractivity contribution < 1.29 is 8.42 Å². The van der Waals surface area contributed by atoms with Crippen molar-refractivity contribution in [3.63, 3.8) is 0 Å². The summed E-state index contributed by atoms with van der Waals surface area (Å²) in [5.41, 5.74) is 2.92. The first kappa shape index (κ1) is 14.3. The summed E-state index contributed by atoms with van der Waals surface area (Å²) in [5.74, 6) is 0.725. The molecule has 0 aliphatic heterocycles. The Labute approximate surface area is 115 Å². The molecular formula is C14H22N2O2S. The van der Waals surface area contributed by atoms with Crippen molar-refractivity contribution in [1.29, 1.82) is 0 Å².